The van der Waals surface area contributed by atoms with E-state index in [9.17, 15) is 4.79 Å². The highest BCUT2D eigenvalue weighted by molar-refractivity contribution is 5.83. The Balaban J connectivity index is 1.77. The second kappa shape index (κ2) is 8.92. The van der Waals surface area contributed by atoms with Crippen molar-refractivity contribution in [3.05, 3.63) is 53.1 Å². The normalized spacial score (nSPS) is 16.0. The molecule has 1 unspecified atom stereocenters. The topological polar surface area (TPSA) is 76.6 Å². The third kappa shape index (κ3) is 4.43. The largest absolute Gasteiger partial charge is 0.496 e. The number of ether oxygens (including phenoxy) is 2. The first kappa shape index (κ1) is 19.3. The van der Waals surface area contributed by atoms with Crippen molar-refractivity contribution in [3.8, 4) is 5.75 Å². The summed E-state index contributed by atoms with van der Waals surface area (Å²) in [4.78, 5) is 23.8. The van der Waals surface area contributed by atoms with Gasteiger partial charge in [-0.25, -0.2) is 0 Å². The van der Waals surface area contributed by atoms with Gasteiger partial charge in [0.05, 0.1) is 32.6 Å². The number of carbonyl (C=O) groups is 1. The predicted octanol–water partition coefficient (Wildman–Crippen LogP) is 1.79. The van der Waals surface area contributed by atoms with E-state index >= 15 is 0 Å². The zero-order chi connectivity index (χ0) is 19.2. The molecular weight excluding hydrogens is 344 g/mol. The molecule has 0 radical (unpaired) electrons. The fourth-order valence-corrected chi connectivity index (χ4v) is 3.42. The maximum absolute atomic E-state index is 13.1. The first-order valence-electron chi connectivity index (χ1n) is 9.10. The standard InChI is InChI=1S/C20H26N4O3/c1-14-11-22-17(15(2)19(14)26-3)13-23-20(25)18(16-5-4-6-21-12-16)24-7-9-27-10-8-24/h4-6,11-12,18H,7-10,13H2,1-3H3,(H,23,25). The molecule has 1 saturated heterocycles. The van der Waals surface area contributed by atoms with E-state index in [-0.39, 0.29) is 5.91 Å². The summed E-state index contributed by atoms with van der Waals surface area (Å²) in [6.07, 6.45) is 5.23. The highest BCUT2D eigenvalue weighted by Gasteiger charge is 2.29. The van der Waals surface area contributed by atoms with Crippen LogP contribution in [0.4, 0.5) is 0 Å². The first-order valence-corrected chi connectivity index (χ1v) is 9.10. The first-order chi connectivity index (χ1) is 13.1. The van der Waals surface area contributed by atoms with Crippen LogP contribution in [0, 0.1) is 13.8 Å². The molecule has 1 N–H and O–H groups in total. The minimum absolute atomic E-state index is 0.0642. The average Bonchev–Trinajstić information content (AvgIpc) is 2.70. The van der Waals surface area contributed by atoms with E-state index < -0.39 is 6.04 Å². The van der Waals surface area contributed by atoms with Crippen molar-refractivity contribution in [1.29, 1.82) is 0 Å². The molecule has 2 aromatic rings. The Bertz CT molecular complexity index is 776. The van der Waals surface area contributed by atoms with Crippen LogP contribution in [0.2, 0.25) is 0 Å². The quantitative estimate of drug-likeness (QED) is 0.835. The average molecular weight is 370 g/mol. The third-order valence-electron chi connectivity index (χ3n) is 4.84. The molecule has 0 aliphatic carbocycles. The van der Waals surface area contributed by atoms with Gasteiger partial charge < -0.3 is 14.8 Å². The fourth-order valence-electron chi connectivity index (χ4n) is 3.42. The van der Waals surface area contributed by atoms with Crippen LogP contribution in [0.5, 0.6) is 5.75 Å². The number of hydrogen-bond acceptors (Lipinski definition) is 6. The van der Waals surface area contributed by atoms with Gasteiger partial charge in [-0.15, -0.1) is 0 Å². The molecule has 1 atom stereocenters. The zero-order valence-corrected chi connectivity index (χ0v) is 16.1. The summed E-state index contributed by atoms with van der Waals surface area (Å²) in [6.45, 7) is 6.94. The van der Waals surface area contributed by atoms with Crippen LogP contribution in [0.15, 0.2) is 30.7 Å². The number of aryl methyl sites for hydroxylation is 1. The number of rotatable bonds is 6. The molecule has 144 valence electrons. The van der Waals surface area contributed by atoms with Crippen molar-refractivity contribution in [2.45, 2.75) is 26.4 Å². The van der Waals surface area contributed by atoms with Gasteiger partial charge in [-0.05, 0) is 25.5 Å². The third-order valence-corrected chi connectivity index (χ3v) is 4.84. The van der Waals surface area contributed by atoms with Gasteiger partial charge in [0.1, 0.15) is 11.8 Å². The second-order valence-electron chi connectivity index (χ2n) is 6.60. The van der Waals surface area contributed by atoms with E-state index in [2.05, 4.69) is 20.2 Å². The van der Waals surface area contributed by atoms with Crippen molar-refractivity contribution in [1.82, 2.24) is 20.2 Å². The molecule has 27 heavy (non-hydrogen) atoms. The second-order valence-corrected chi connectivity index (χ2v) is 6.60. The Kier molecular flexibility index (Phi) is 6.36. The highest BCUT2D eigenvalue weighted by Crippen LogP contribution is 2.25. The van der Waals surface area contributed by atoms with Crippen LogP contribution in [0.3, 0.4) is 0 Å². The summed E-state index contributed by atoms with van der Waals surface area (Å²) in [5, 5.41) is 3.04. The van der Waals surface area contributed by atoms with Crippen LogP contribution in [-0.4, -0.2) is 54.2 Å². The fraction of sp³-hybridized carbons (Fsp3) is 0.450. The Labute approximate surface area is 159 Å². The lowest BCUT2D eigenvalue weighted by atomic mass is 10.1. The van der Waals surface area contributed by atoms with E-state index in [1.54, 1.807) is 25.7 Å². The van der Waals surface area contributed by atoms with Crippen molar-refractivity contribution >= 4 is 5.91 Å². The molecule has 1 aliphatic heterocycles. The summed E-state index contributed by atoms with van der Waals surface area (Å²) in [7, 11) is 1.65. The van der Waals surface area contributed by atoms with Gasteiger partial charge in [0.2, 0.25) is 5.91 Å². The van der Waals surface area contributed by atoms with Crippen molar-refractivity contribution in [3.63, 3.8) is 0 Å². The highest BCUT2D eigenvalue weighted by atomic mass is 16.5. The number of pyridine rings is 2. The van der Waals surface area contributed by atoms with Gasteiger partial charge in [0.15, 0.2) is 0 Å². The number of morpholine rings is 1. The van der Waals surface area contributed by atoms with Gasteiger partial charge in [-0.1, -0.05) is 6.07 Å². The van der Waals surface area contributed by atoms with Gasteiger partial charge in [0.25, 0.3) is 0 Å². The molecule has 0 spiro atoms. The summed E-state index contributed by atoms with van der Waals surface area (Å²) < 4.78 is 10.9. The van der Waals surface area contributed by atoms with Crippen molar-refractivity contribution in [2.75, 3.05) is 33.4 Å². The van der Waals surface area contributed by atoms with E-state index in [4.69, 9.17) is 9.47 Å². The number of nitrogens with one attached hydrogen (secondary N) is 1. The smallest absolute Gasteiger partial charge is 0.242 e. The van der Waals surface area contributed by atoms with Gasteiger partial charge in [0, 0.05) is 42.8 Å². The Morgan fingerprint density at radius 2 is 2.11 bits per heavy atom. The van der Waals surface area contributed by atoms with Gasteiger partial charge >= 0.3 is 0 Å². The Morgan fingerprint density at radius 3 is 2.78 bits per heavy atom. The number of hydrogen-bond donors (Lipinski definition) is 1. The summed E-state index contributed by atoms with van der Waals surface area (Å²) in [5.74, 6) is 0.747. The van der Waals surface area contributed by atoms with E-state index in [1.807, 2.05) is 26.0 Å². The van der Waals surface area contributed by atoms with Crippen molar-refractivity contribution < 1.29 is 14.3 Å². The minimum Gasteiger partial charge on any atom is -0.496 e. The Morgan fingerprint density at radius 1 is 1.33 bits per heavy atom. The maximum Gasteiger partial charge on any atom is 0.242 e. The molecule has 7 heteroatoms. The molecule has 1 amide bonds. The summed E-state index contributed by atoms with van der Waals surface area (Å²) >= 11 is 0. The lowest BCUT2D eigenvalue weighted by molar-refractivity contribution is -0.128. The van der Waals surface area contributed by atoms with Crippen LogP contribution < -0.4 is 10.1 Å². The molecule has 1 fully saturated rings. The van der Waals surface area contributed by atoms with Crippen molar-refractivity contribution in [2.24, 2.45) is 0 Å². The van der Waals surface area contributed by atoms with E-state index in [1.165, 1.54) is 0 Å². The monoisotopic (exact) mass is 370 g/mol. The minimum atomic E-state index is -0.393. The molecule has 3 heterocycles. The lowest BCUT2D eigenvalue weighted by Gasteiger charge is -2.33. The molecule has 7 nitrogen and oxygen atoms in total. The summed E-state index contributed by atoms with van der Waals surface area (Å²) in [6, 6.07) is 3.40. The molecule has 0 bridgehead atoms. The molecule has 0 saturated carbocycles. The number of carbonyl (C=O) groups excluding carboxylic acids is 1. The molecule has 1 aliphatic rings. The van der Waals surface area contributed by atoms with Gasteiger partial charge in [-0.3, -0.25) is 19.7 Å². The van der Waals surface area contributed by atoms with Crippen LogP contribution in [-0.2, 0) is 16.1 Å². The number of nitrogens with zero attached hydrogens (tertiary/aromatic N) is 3. The SMILES string of the molecule is COc1c(C)cnc(CNC(=O)C(c2cccnc2)N2CCOCC2)c1C. The van der Waals surface area contributed by atoms with Crippen LogP contribution >= 0.6 is 0 Å². The number of methoxy groups -OCH3 is 1. The maximum atomic E-state index is 13.1. The molecule has 3 rings (SSSR count). The zero-order valence-electron chi connectivity index (χ0n) is 16.1. The Hall–Kier alpha value is -2.51. The molecule has 2 aromatic heterocycles. The number of amides is 1. The van der Waals surface area contributed by atoms with E-state index in [0.717, 1.165) is 28.1 Å². The van der Waals surface area contributed by atoms with Crippen LogP contribution in [0.1, 0.15) is 28.4 Å². The lowest BCUT2D eigenvalue weighted by Crippen LogP contribution is -2.45. The predicted molar refractivity (Wildman–Crippen MR) is 101 cm³/mol. The number of aromatic nitrogens is 2. The summed E-state index contributed by atoms with van der Waals surface area (Å²) in [5.41, 5.74) is 3.61. The van der Waals surface area contributed by atoms with Gasteiger partial charge in [-0.2, -0.15) is 0 Å². The molecular formula is C20H26N4O3. The molecule has 0 aromatic carbocycles. The van der Waals surface area contributed by atoms with E-state index in [0.29, 0.717) is 32.8 Å². The van der Waals surface area contributed by atoms with Crippen LogP contribution in [0.25, 0.3) is 0 Å².